The predicted octanol–water partition coefficient (Wildman–Crippen LogP) is 1.70. The Hall–Kier alpha value is -0.580. The van der Waals surface area contributed by atoms with E-state index < -0.39 is 15.8 Å². The van der Waals surface area contributed by atoms with Crippen LogP contribution >= 0.6 is 0 Å². The summed E-state index contributed by atoms with van der Waals surface area (Å²) in [7, 11) is -2.96. The Labute approximate surface area is 102 Å². The predicted molar refractivity (Wildman–Crippen MR) is 64.4 cm³/mol. The van der Waals surface area contributed by atoms with Gasteiger partial charge in [-0.1, -0.05) is 12.8 Å². The largest absolute Gasteiger partial charge is 0.481 e. The Morgan fingerprint density at radius 3 is 2.35 bits per heavy atom. The third-order valence-electron chi connectivity index (χ3n) is 4.52. The van der Waals surface area contributed by atoms with Crippen LogP contribution in [0.15, 0.2) is 0 Å². The second kappa shape index (κ2) is 4.59. The van der Waals surface area contributed by atoms with E-state index in [2.05, 4.69) is 0 Å². The number of carboxylic acids is 1. The molecular weight excluding hydrogens is 240 g/mol. The molecule has 2 aliphatic rings. The molecular formula is C12H20O4S. The minimum atomic E-state index is -2.96. The van der Waals surface area contributed by atoms with Crippen molar-refractivity contribution in [1.29, 1.82) is 0 Å². The Balaban J connectivity index is 2.01. The second-order valence-electron chi connectivity index (χ2n) is 5.56. The maximum absolute atomic E-state index is 11.6. The molecule has 0 bridgehead atoms. The summed E-state index contributed by atoms with van der Waals surface area (Å²) in [6, 6.07) is 0. The average Bonchev–Trinajstić information content (AvgIpc) is 2.14. The topological polar surface area (TPSA) is 71.4 Å². The molecule has 2 fully saturated rings. The van der Waals surface area contributed by atoms with E-state index in [0.29, 0.717) is 12.3 Å². The molecule has 1 N–H and O–H groups in total. The van der Waals surface area contributed by atoms with Gasteiger partial charge in [-0.25, -0.2) is 8.42 Å². The second-order valence-corrected chi connectivity index (χ2v) is 7.89. The molecule has 0 amide bonds. The summed E-state index contributed by atoms with van der Waals surface area (Å²) in [5.74, 6) is -0.406. The molecule has 0 spiro atoms. The van der Waals surface area contributed by atoms with Crippen LogP contribution in [0.4, 0.5) is 0 Å². The van der Waals surface area contributed by atoms with Crippen LogP contribution < -0.4 is 0 Å². The number of aliphatic carboxylic acids is 1. The van der Waals surface area contributed by atoms with Gasteiger partial charge in [0.2, 0.25) is 0 Å². The minimum absolute atomic E-state index is 0.219. The highest BCUT2D eigenvalue weighted by Gasteiger charge is 2.43. The molecule has 4 nitrogen and oxygen atoms in total. The molecule has 2 saturated carbocycles. The van der Waals surface area contributed by atoms with Crippen molar-refractivity contribution in [3.05, 3.63) is 0 Å². The monoisotopic (exact) mass is 260 g/mol. The van der Waals surface area contributed by atoms with Crippen molar-refractivity contribution in [3.8, 4) is 0 Å². The van der Waals surface area contributed by atoms with Gasteiger partial charge in [0.1, 0.15) is 9.84 Å². The first-order valence-electron chi connectivity index (χ1n) is 6.31. The number of hydrogen-bond donors (Lipinski definition) is 1. The van der Waals surface area contributed by atoms with E-state index in [1.54, 1.807) is 0 Å². The molecule has 0 radical (unpaired) electrons. The van der Waals surface area contributed by atoms with Crippen LogP contribution in [0.5, 0.6) is 0 Å². The third-order valence-corrected chi connectivity index (χ3v) is 6.16. The molecule has 5 heteroatoms. The lowest BCUT2D eigenvalue weighted by atomic mass is 9.63. The quantitative estimate of drug-likeness (QED) is 0.838. The Bertz CT molecular complexity index is 401. The van der Waals surface area contributed by atoms with Crippen LogP contribution in [0, 0.1) is 17.8 Å². The summed E-state index contributed by atoms with van der Waals surface area (Å²) in [4.78, 5) is 11.0. The maximum atomic E-state index is 11.6. The molecule has 0 aromatic carbocycles. The van der Waals surface area contributed by atoms with E-state index in [1.807, 2.05) is 0 Å². The molecule has 0 heterocycles. The van der Waals surface area contributed by atoms with Crippen molar-refractivity contribution in [2.75, 3.05) is 6.26 Å². The lowest BCUT2D eigenvalue weighted by Gasteiger charge is -2.42. The fourth-order valence-corrected chi connectivity index (χ4v) is 4.55. The average molecular weight is 260 g/mol. The smallest absolute Gasteiger partial charge is 0.306 e. The van der Waals surface area contributed by atoms with E-state index in [0.717, 1.165) is 32.1 Å². The van der Waals surface area contributed by atoms with E-state index in [1.165, 1.54) is 6.26 Å². The first-order valence-corrected chi connectivity index (χ1v) is 8.26. The van der Waals surface area contributed by atoms with Crippen LogP contribution in [-0.2, 0) is 14.6 Å². The highest BCUT2D eigenvalue weighted by molar-refractivity contribution is 7.91. The molecule has 0 aromatic heterocycles. The highest BCUT2D eigenvalue weighted by Crippen LogP contribution is 2.46. The first kappa shape index (κ1) is 12.9. The number of hydrogen-bond acceptors (Lipinski definition) is 3. The maximum Gasteiger partial charge on any atom is 0.306 e. The summed E-state index contributed by atoms with van der Waals surface area (Å²) >= 11 is 0. The lowest BCUT2D eigenvalue weighted by Crippen LogP contribution is -2.41. The van der Waals surface area contributed by atoms with Gasteiger partial charge in [-0.05, 0) is 37.5 Å². The van der Waals surface area contributed by atoms with Crippen molar-refractivity contribution in [2.24, 2.45) is 17.8 Å². The number of carboxylic acid groups (broad SMARTS) is 1. The summed E-state index contributed by atoms with van der Waals surface area (Å²) in [5, 5.41) is 8.80. The van der Waals surface area contributed by atoms with Crippen LogP contribution in [0.1, 0.15) is 38.5 Å². The normalized spacial score (nSPS) is 38.4. The molecule has 0 aliphatic heterocycles. The SMILES string of the molecule is CS(=O)(=O)C1CCCC(C2CCC2C(=O)O)C1. The van der Waals surface area contributed by atoms with Crippen molar-refractivity contribution in [1.82, 2.24) is 0 Å². The van der Waals surface area contributed by atoms with Crippen LogP contribution in [-0.4, -0.2) is 31.0 Å². The van der Waals surface area contributed by atoms with Gasteiger partial charge < -0.3 is 5.11 Å². The molecule has 4 unspecified atom stereocenters. The number of sulfone groups is 1. The minimum Gasteiger partial charge on any atom is -0.481 e. The zero-order chi connectivity index (χ0) is 12.6. The van der Waals surface area contributed by atoms with Gasteiger partial charge in [0.15, 0.2) is 0 Å². The van der Waals surface area contributed by atoms with Crippen molar-refractivity contribution in [2.45, 2.75) is 43.8 Å². The molecule has 98 valence electrons. The van der Waals surface area contributed by atoms with Crippen LogP contribution in [0.2, 0.25) is 0 Å². The highest BCUT2D eigenvalue weighted by atomic mass is 32.2. The van der Waals surface area contributed by atoms with E-state index in [-0.39, 0.29) is 17.1 Å². The van der Waals surface area contributed by atoms with Gasteiger partial charge in [0, 0.05) is 6.26 Å². The molecule has 4 atom stereocenters. The summed E-state index contributed by atoms with van der Waals surface area (Å²) in [6.45, 7) is 0. The summed E-state index contributed by atoms with van der Waals surface area (Å²) in [6.07, 6.45) is 6.37. The van der Waals surface area contributed by atoms with E-state index in [4.69, 9.17) is 5.11 Å². The Morgan fingerprint density at radius 1 is 1.18 bits per heavy atom. The van der Waals surface area contributed by atoms with E-state index in [9.17, 15) is 13.2 Å². The molecule has 2 aliphatic carbocycles. The zero-order valence-corrected chi connectivity index (χ0v) is 10.9. The van der Waals surface area contributed by atoms with Crippen molar-refractivity contribution < 1.29 is 18.3 Å². The van der Waals surface area contributed by atoms with Crippen molar-refractivity contribution in [3.63, 3.8) is 0 Å². The number of rotatable bonds is 3. The van der Waals surface area contributed by atoms with Gasteiger partial charge >= 0.3 is 5.97 Å². The first-order chi connectivity index (χ1) is 7.89. The Kier molecular flexibility index (Phi) is 3.48. The standard InChI is InChI=1S/C12H20O4S/c1-17(15,16)9-4-2-3-8(7-9)10-5-6-11(10)12(13)14/h8-11H,2-7H2,1H3,(H,13,14). The molecule has 2 rings (SSSR count). The summed E-state index contributed by atoms with van der Waals surface area (Å²) < 4.78 is 23.1. The molecule has 17 heavy (non-hydrogen) atoms. The van der Waals surface area contributed by atoms with Gasteiger partial charge in [-0.15, -0.1) is 0 Å². The third kappa shape index (κ3) is 2.64. The van der Waals surface area contributed by atoms with Gasteiger partial charge in [0.25, 0.3) is 0 Å². The summed E-state index contributed by atoms with van der Waals surface area (Å²) in [5.41, 5.74) is 0. The van der Waals surface area contributed by atoms with Crippen LogP contribution in [0.3, 0.4) is 0 Å². The zero-order valence-electron chi connectivity index (χ0n) is 10.1. The lowest BCUT2D eigenvalue weighted by molar-refractivity contribution is -0.149. The number of carbonyl (C=O) groups is 1. The van der Waals surface area contributed by atoms with Crippen LogP contribution in [0.25, 0.3) is 0 Å². The van der Waals surface area contributed by atoms with Crippen molar-refractivity contribution >= 4 is 15.8 Å². The Morgan fingerprint density at radius 2 is 1.88 bits per heavy atom. The van der Waals surface area contributed by atoms with Gasteiger partial charge in [-0.2, -0.15) is 0 Å². The molecule has 0 aromatic rings. The van der Waals surface area contributed by atoms with Gasteiger partial charge in [-0.3, -0.25) is 4.79 Å². The van der Waals surface area contributed by atoms with E-state index >= 15 is 0 Å². The fraction of sp³-hybridized carbons (Fsp3) is 0.917. The van der Waals surface area contributed by atoms with Gasteiger partial charge in [0.05, 0.1) is 11.2 Å². The fourth-order valence-electron chi connectivity index (χ4n) is 3.36. The molecule has 0 saturated heterocycles.